The van der Waals surface area contributed by atoms with Crippen molar-refractivity contribution in [2.24, 2.45) is 0 Å². The lowest BCUT2D eigenvalue weighted by molar-refractivity contribution is 0.0693. The fraction of sp³-hybridized carbons (Fsp3) is 0.167. The van der Waals surface area contributed by atoms with Crippen molar-refractivity contribution in [3.05, 3.63) is 41.6 Å². The third kappa shape index (κ3) is 4.11. The highest BCUT2D eigenvalue weighted by molar-refractivity contribution is 7.99. The fourth-order valence-electron chi connectivity index (χ4n) is 1.64. The van der Waals surface area contributed by atoms with Gasteiger partial charge in [-0.25, -0.2) is 8.88 Å². The number of rotatable bonds is 6. The minimum Gasteiger partial charge on any atom is -0.478 e. The Hall–Kier alpha value is -1.74. The van der Waals surface area contributed by atoms with Crippen LogP contribution < -0.4 is 4.74 Å². The first kappa shape index (κ1) is 15.6. The van der Waals surface area contributed by atoms with Gasteiger partial charge in [0.25, 0.3) is 5.76 Å². The van der Waals surface area contributed by atoms with Gasteiger partial charge in [-0.05, 0) is 24.9 Å². The van der Waals surface area contributed by atoms with Crippen molar-refractivity contribution in [3.8, 4) is 5.88 Å². The Labute approximate surface area is 128 Å². The molecule has 112 valence electrons. The second-order valence-electron chi connectivity index (χ2n) is 3.83. The lowest BCUT2D eigenvalue weighted by Crippen LogP contribution is -2.08. The number of aromatic nitrogens is 2. The summed E-state index contributed by atoms with van der Waals surface area (Å²) in [6.45, 7) is -0.178. The first-order chi connectivity index (χ1) is 9.97. The summed E-state index contributed by atoms with van der Waals surface area (Å²) in [6, 6.07) is 5.71. The van der Waals surface area contributed by atoms with E-state index < -0.39 is 11.7 Å². The Morgan fingerprint density at radius 1 is 1.48 bits per heavy atom. The average molecular weight is 332 g/mol. The van der Waals surface area contributed by atoms with E-state index in [0.717, 1.165) is 0 Å². The molecule has 2 aromatic rings. The Balaban J connectivity index is 2.27. The quantitative estimate of drug-likeness (QED) is 0.628. The van der Waals surface area contributed by atoms with Gasteiger partial charge in [-0.3, -0.25) is 0 Å². The van der Waals surface area contributed by atoms with Crippen LogP contribution in [0.1, 0.15) is 15.9 Å². The standard InChI is InChI=1S/C12H10F2N2O3S2/c13-12(14)21-9-3-1-2-7(11(17)18)8(9)6-19-10-4-5-16(20)15-10/h1-5,12,20H,6H2,(H,17,18). The van der Waals surface area contributed by atoms with Crippen LogP contribution in [0.25, 0.3) is 0 Å². The van der Waals surface area contributed by atoms with E-state index in [1.54, 1.807) is 0 Å². The Bertz CT molecular complexity index is 649. The number of hydrogen-bond acceptors (Lipinski definition) is 5. The maximum Gasteiger partial charge on any atom is 0.336 e. The molecule has 0 saturated heterocycles. The van der Waals surface area contributed by atoms with Gasteiger partial charge in [0.15, 0.2) is 0 Å². The summed E-state index contributed by atoms with van der Waals surface area (Å²) >= 11 is 4.21. The smallest absolute Gasteiger partial charge is 0.336 e. The Morgan fingerprint density at radius 3 is 2.81 bits per heavy atom. The molecule has 0 atom stereocenters. The normalized spacial score (nSPS) is 10.9. The van der Waals surface area contributed by atoms with Crippen LogP contribution in [0.3, 0.4) is 0 Å². The molecule has 0 bridgehead atoms. The molecular weight excluding hydrogens is 322 g/mol. The number of carboxylic acid groups (broad SMARTS) is 1. The predicted molar refractivity (Wildman–Crippen MR) is 76.2 cm³/mol. The average Bonchev–Trinajstić information content (AvgIpc) is 2.82. The summed E-state index contributed by atoms with van der Waals surface area (Å²) < 4.78 is 31.6. The van der Waals surface area contributed by atoms with E-state index in [4.69, 9.17) is 9.84 Å². The lowest BCUT2D eigenvalue weighted by Gasteiger charge is -2.12. The van der Waals surface area contributed by atoms with E-state index in [1.807, 2.05) is 0 Å². The molecule has 1 heterocycles. The lowest BCUT2D eigenvalue weighted by atomic mass is 10.1. The molecule has 5 nitrogen and oxygen atoms in total. The molecule has 0 unspecified atom stereocenters. The summed E-state index contributed by atoms with van der Waals surface area (Å²) in [5.41, 5.74) is 0.106. The number of nitrogens with zero attached hydrogens (tertiary/aromatic N) is 2. The van der Waals surface area contributed by atoms with Crippen molar-refractivity contribution in [3.63, 3.8) is 0 Å². The van der Waals surface area contributed by atoms with Crippen LogP contribution in [0.15, 0.2) is 35.4 Å². The molecule has 0 saturated carbocycles. The van der Waals surface area contributed by atoms with Gasteiger partial charge in [0.05, 0.1) is 5.56 Å². The number of alkyl halides is 2. The molecule has 0 amide bonds. The van der Waals surface area contributed by atoms with Gasteiger partial charge in [0.2, 0.25) is 5.88 Å². The fourth-order valence-corrected chi connectivity index (χ4v) is 2.46. The zero-order valence-electron chi connectivity index (χ0n) is 10.4. The first-order valence-electron chi connectivity index (χ1n) is 5.65. The number of halogens is 2. The van der Waals surface area contributed by atoms with Gasteiger partial charge in [0, 0.05) is 22.7 Å². The van der Waals surface area contributed by atoms with Crippen molar-refractivity contribution in [2.45, 2.75) is 17.3 Å². The van der Waals surface area contributed by atoms with Crippen LogP contribution in [-0.4, -0.2) is 26.0 Å². The Morgan fingerprint density at radius 2 is 2.24 bits per heavy atom. The number of hydrogen-bond donors (Lipinski definition) is 2. The number of ether oxygens (including phenoxy) is 1. The van der Waals surface area contributed by atoms with Gasteiger partial charge >= 0.3 is 5.97 Å². The summed E-state index contributed by atoms with van der Waals surface area (Å²) in [6.07, 6.45) is 1.52. The van der Waals surface area contributed by atoms with Crippen molar-refractivity contribution in [1.29, 1.82) is 0 Å². The largest absolute Gasteiger partial charge is 0.478 e. The molecular formula is C12H10F2N2O3S2. The van der Waals surface area contributed by atoms with E-state index in [1.165, 1.54) is 34.5 Å². The van der Waals surface area contributed by atoms with Crippen molar-refractivity contribution < 1.29 is 23.4 Å². The molecule has 0 fully saturated rings. The van der Waals surface area contributed by atoms with Gasteiger partial charge in [-0.1, -0.05) is 17.8 Å². The maximum absolute atomic E-state index is 12.5. The van der Waals surface area contributed by atoms with Gasteiger partial charge < -0.3 is 9.84 Å². The number of carbonyl (C=O) groups is 1. The third-order valence-corrected chi connectivity index (χ3v) is 3.53. The van der Waals surface area contributed by atoms with Crippen molar-refractivity contribution in [2.75, 3.05) is 0 Å². The molecule has 0 spiro atoms. The summed E-state index contributed by atoms with van der Waals surface area (Å²) in [4.78, 5) is 11.4. The van der Waals surface area contributed by atoms with Crippen molar-refractivity contribution in [1.82, 2.24) is 9.19 Å². The van der Waals surface area contributed by atoms with Crippen LogP contribution in [0.5, 0.6) is 5.88 Å². The molecule has 9 heteroatoms. The van der Waals surface area contributed by atoms with E-state index in [2.05, 4.69) is 17.9 Å². The zero-order valence-corrected chi connectivity index (χ0v) is 12.2. The highest BCUT2D eigenvalue weighted by Crippen LogP contribution is 2.31. The highest BCUT2D eigenvalue weighted by atomic mass is 32.2. The zero-order chi connectivity index (χ0) is 15.4. The van der Waals surface area contributed by atoms with E-state index in [-0.39, 0.29) is 40.3 Å². The SMILES string of the molecule is O=C(O)c1cccc(SC(F)F)c1COc1ccn(S)n1. The first-order valence-corrected chi connectivity index (χ1v) is 6.93. The van der Waals surface area contributed by atoms with Crippen LogP contribution >= 0.6 is 24.6 Å². The highest BCUT2D eigenvalue weighted by Gasteiger charge is 2.18. The maximum atomic E-state index is 12.5. The third-order valence-electron chi connectivity index (χ3n) is 2.50. The van der Waals surface area contributed by atoms with Crippen LogP contribution in [0, 0.1) is 0 Å². The molecule has 0 aliphatic rings. The van der Waals surface area contributed by atoms with Crippen LogP contribution in [0.2, 0.25) is 0 Å². The molecule has 1 aromatic heterocycles. The van der Waals surface area contributed by atoms with Gasteiger partial charge in [0.1, 0.15) is 6.61 Å². The molecule has 2 rings (SSSR count). The number of carboxylic acids is 1. The predicted octanol–water partition coefficient (Wildman–Crippen LogP) is 3.17. The van der Waals surface area contributed by atoms with Gasteiger partial charge in [-0.15, -0.1) is 5.10 Å². The van der Waals surface area contributed by atoms with Crippen LogP contribution in [-0.2, 0) is 6.61 Å². The summed E-state index contributed by atoms with van der Waals surface area (Å²) in [5.74, 6) is -3.63. The van der Waals surface area contributed by atoms with Crippen molar-refractivity contribution >= 4 is 30.5 Å². The van der Waals surface area contributed by atoms with E-state index in [9.17, 15) is 13.6 Å². The Kier molecular flexibility index (Phi) is 5.07. The molecule has 0 aliphatic carbocycles. The van der Waals surface area contributed by atoms with E-state index >= 15 is 0 Å². The number of thioether (sulfide) groups is 1. The second kappa shape index (κ2) is 6.81. The molecule has 1 N–H and O–H groups in total. The van der Waals surface area contributed by atoms with E-state index in [0.29, 0.717) is 0 Å². The summed E-state index contributed by atoms with van der Waals surface area (Å²) in [5, 5.41) is 13.0. The van der Waals surface area contributed by atoms with Crippen LogP contribution in [0.4, 0.5) is 8.78 Å². The van der Waals surface area contributed by atoms with Gasteiger partial charge in [-0.2, -0.15) is 8.78 Å². The number of thiol groups is 1. The monoisotopic (exact) mass is 332 g/mol. The summed E-state index contributed by atoms with van der Waals surface area (Å²) in [7, 11) is 0. The number of aromatic carboxylic acids is 1. The molecule has 1 aromatic carbocycles. The number of benzene rings is 1. The molecule has 0 aliphatic heterocycles. The second-order valence-corrected chi connectivity index (χ2v) is 5.27. The molecule has 0 radical (unpaired) electrons. The minimum atomic E-state index is -2.65. The minimum absolute atomic E-state index is 0.0778. The molecule has 21 heavy (non-hydrogen) atoms. The topological polar surface area (TPSA) is 64.3 Å².